The SMILES string of the molecule is CC(CO)CNC(=O)C1CCCC1(C)C. The number of rotatable bonds is 4. The zero-order chi connectivity index (χ0) is 11.5. The molecule has 0 aromatic rings. The smallest absolute Gasteiger partial charge is 0.223 e. The van der Waals surface area contributed by atoms with Crippen molar-refractivity contribution >= 4 is 5.91 Å². The van der Waals surface area contributed by atoms with Gasteiger partial charge in [-0.1, -0.05) is 27.2 Å². The van der Waals surface area contributed by atoms with E-state index in [1.165, 1.54) is 0 Å². The Kier molecular flexibility index (Phi) is 4.14. The van der Waals surface area contributed by atoms with Crippen LogP contribution in [0.3, 0.4) is 0 Å². The fourth-order valence-corrected chi connectivity index (χ4v) is 2.28. The number of nitrogens with one attached hydrogen (secondary N) is 1. The molecule has 0 heterocycles. The van der Waals surface area contributed by atoms with Crippen molar-refractivity contribution in [3.8, 4) is 0 Å². The van der Waals surface area contributed by atoms with Crippen molar-refractivity contribution in [1.82, 2.24) is 5.32 Å². The van der Waals surface area contributed by atoms with Crippen LogP contribution in [0.1, 0.15) is 40.0 Å². The van der Waals surface area contributed by atoms with Crippen LogP contribution in [0, 0.1) is 17.3 Å². The molecular formula is C12H23NO2. The fraction of sp³-hybridized carbons (Fsp3) is 0.917. The van der Waals surface area contributed by atoms with Gasteiger partial charge in [-0.2, -0.15) is 0 Å². The lowest BCUT2D eigenvalue weighted by Crippen LogP contribution is -2.38. The molecule has 0 aliphatic heterocycles. The summed E-state index contributed by atoms with van der Waals surface area (Å²) in [5.74, 6) is 0.472. The van der Waals surface area contributed by atoms with E-state index < -0.39 is 0 Å². The topological polar surface area (TPSA) is 49.3 Å². The molecule has 1 aliphatic rings. The van der Waals surface area contributed by atoms with Gasteiger partial charge < -0.3 is 10.4 Å². The minimum atomic E-state index is 0.133. The summed E-state index contributed by atoms with van der Waals surface area (Å²) in [5.41, 5.74) is 0.145. The third-order valence-electron chi connectivity index (χ3n) is 3.51. The summed E-state index contributed by atoms with van der Waals surface area (Å²) in [6.45, 7) is 6.98. The highest BCUT2D eigenvalue weighted by atomic mass is 16.3. The summed E-state index contributed by atoms with van der Waals surface area (Å²) in [4.78, 5) is 11.9. The molecule has 1 fully saturated rings. The molecule has 0 saturated heterocycles. The van der Waals surface area contributed by atoms with E-state index in [1.54, 1.807) is 0 Å². The predicted octanol–water partition coefficient (Wildman–Crippen LogP) is 1.56. The first kappa shape index (κ1) is 12.5. The number of carbonyl (C=O) groups is 1. The maximum absolute atomic E-state index is 11.9. The van der Waals surface area contributed by atoms with Crippen molar-refractivity contribution in [2.24, 2.45) is 17.3 Å². The molecule has 0 radical (unpaired) electrons. The van der Waals surface area contributed by atoms with Crippen LogP contribution in [0.25, 0.3) is 0 Å². The molecule has 3 nitrogen and oxygen atoms in total. The molecule has 0 aromatic heterocycles. The molecule has 15 heavy (non-hydrogen) atoms. The molecule has 1 aliphatic carbocycles. The highest BCUT2D eigenvalue weighted by Crippen LogP contribution is 2.42. The van der Waals surface area contributed by atoms with Crippen LogP contribution < -0.4 is 5.32 Å². The van der Waals surface area contributed by atoms with E-state index in [0.29, 0.717) is 6.54 Å². The van der Waals surface area contributed by atoms with Gasteiger partial charge in [-0.15, -0.1) is 0 Å². The molecule has 0 bridgehead atoms. The van der Waals surface area contributed by atoms with Gasteiger partial charge in [0.05, 0.1) is 0 Å². The Bertz CT molecular complexity index is 226. The van der Waals surface area contributed by atoms with E-state index in [1.807, 2.05) is 6.92 Å². The molecule has 1 rings (SSSR count). The zero-order valence-corrected chi connectivity index (χ0v) is 10.0. The van der Waals surface area contributed by atoms with E-state index >= 15 is 0 Å². The van der Waals surface area contributed by atoms with Crippen molar-refractivity contribution in [2.45, 2.75) is 40.0 Å². The second kappa shape index (κ2) is 4.97. The van der Waals surface area contributed by atoms with E-state index in [9.17, 15) is 4.79 Å². The van der Waals surface area contributed by atoms with Gasteiger partial charge in [-0.25, -0.2) is 0 Å². The van der Waals surface area contributed by atoms with Gasteiger partial charge in [-0.05, 0) is 24.2 Å². The van der Waals surface area contributed by atoms with E-state index in [4.69, 9.17) is 5.11 Å². The van der Waals surface area contributed by atoms with Gasteiger partial charge in [0, 0.05) is 19.1 Å². The predicted molar refractivity (Wildman–Crippen MR) is 60.4 cm³/mol. The second-order valence-corrected chi connectivity index (χ2v) is 5.47. The standard InChI is InChI=1S/C12H23NO2/c1-9(8-14)7-13-11(15)10-5-4-6-12(10,2)3/h9-10,14H,4-8H2,1-3H3,(H,13,15). The summed E-state index contributed by atoms with van der Waals surface area (Å²) in [7, 11) is 0. The number of hydrogen-bond acceptors (Lipinski definition) is 2. The quantitative estimate of drug-likeness (QED) is 0.744. The van der Waals surface area contributed by atoms with Crippen LogP contribution in [0.4, 0.5) is 0 Å². The monoisotopic (exact) mass is 213 g/mol. The first-order valence-electron chi connectivity index (χ1n) is 5.86. The van der Waals surface area contributed by atoms with Crippen LogP contribution in [0.15, 0.2) is 0 Å². The summed E-state index contributed by atoms with van der Waals surface area (Å²) >= 11 is 0. The van der Waals surface area contributed by atoms with E-state index in [2.05, 4.69) is 19.2 Å². The molecule has 2 N–H and O–H groups in total. The molecule has 3 heteroatoms. The minimum absolute atomic E-state index is 0.133. The largest absolute Gasteiger partial charge is 0.396 e. The van der Waals surface area contributed by atoms with Gasteiger partial charge >= 0.3 is 0 Å². The maximum Gasteiger partial charge on any atom is 0.223 e. The third kappa shape index (κ3) is 3.20. The molecule has 0 aromatic carbocycles. The third-order valence-corrected chi connectivity index (χ3v) is 3.51. The Balaban J connectivity index is 2.40. The van der Waals surface area contributed by atoms with Crippen molar-refractivity contribution in [3.63, 3.8) is 0 Å². The number of aliphatic hydroxyl groups is 1. The lowest BCUT2D eigenvalue weighted by molar-refractivity contribution is -0.127. The average Bonchev–Trinajstić information content (AvgIpc) is 2.53. The molecule has 2 atom stereocenters. The summed E-state index contributed by atoms with van der Waals surface area (Å²) in [6, 6.07) is 0. The van der Waals surface area contributed by atoms with E-state index in [-0.39, 0.29) is 29.8 Å². The van der Waals surface area contributed by atoms with Crippen molar-refractivity contribution in [1.29, 1.82) is 0 Å². The van der Waals surface area contributed by atoms with Gasteiger partial charge in [0.2, 0.25) is 5.91 Å². The molecule has 88 valence electrons. The number of carbonyl (C=O) groups excluding carboxylic acids is 1. The number of amides is 1. The highest BCUT2D eigenvalue weighted by molar-refractivity contribution is 5.79. The molecule has 0 spiro atoms. The Morgan fingerprint density at radius 3 is 2.73 bits per heavy atom. The Labute approximate surface area is 92.3 Å². The number of aliphatic hydroxyl groups excluding tert-OH is 1. The van der Waals surface area contributed by atoms with Crippen molar-refractivity contribution in [3.05, 3.63) is 0 Å². The van der Waals surface area contributed by atoms with Gasteiger partial charge in [0.15, 0.2) is 0 Å². The van der Waals surface area contributed by atoms with Crippen molar-refractivity contribution in [2.75, 3.05) is 13.2 Å². The lowest BCUT2D eigenvalue weighted by atomic mass is 9.81. The van der Waals surface area contributed by atoms with Gasteiger partial charge in [-0.3, -0.25) is 4.79 Å². The normalized spacial score (nSPS) is 26.3. The van der Waals surface area contributed by atoms with Crippen molar-refractivity contribution < 1.29 is 9.90 Å². The fourth-order valence-electron chi connectivity index (χ4n) is 2.28. The van der Waals surface area contributed by atoms with E-state index in [0.717, 1.165) is 19.3 Å². The lowest BCUT2D eigenvalue weighted by Gasteiger charge is -2.26. The zero-order valence-electron chi connectivity index (χ0n) is 10.0. The molecular weight excluding hydrogens is 190 g/mol. The Morgan fingerprint density at radius 1 is 1.60 bits per heavy atom. The number of hydrogen-bond donors (Lipinski definition) is 2. The first-order valence-corrected chi connectivity index (χ1v) is 5.86. The highest BCUT2D eigenvalue weighted by Gasteiger charge is 2.39. The van der Waals surface area contributed by atoms with Crippen LogP contribution in [0.5, 0.6) is 0 Å². The minimum Gasteiger partial charge on any atom is -0.396 e. The summed E-state index contributed by atoms with van der Waals surface area (Å²) in [6.07, 6.45) is 3.30. The first-order chi connectivity index (χ1) is 6.97. The Hall–Kier alpha value is -0.570. The Morgan fingerprint density at radius 2 is 2.27 bits per heavy atom. The summed E-state index contributed by atoms with van der Waals surface area (Å²) < 4.78 is 0. The van der Waals surface area contributed by atoms with Crippen LogP contribution in [0.2, 0.25) is 0 Å². The van der Waals surface area contributed by atoms with Gasteiger partial charge in [0.25, 0.3) is 0 Å². The molecule has 1 saturated carbocycles. The molecule has 1 amide bonds. The average molecular weight is 213 g/mol. The molecule has 2 unspecified atom stereocenters. The maximum atomic E-state index is 11.9. The second-order valence-electron chi connectivity index (χ2n) is 5.47. The van der Waals surface area contributed by atoms with Crippen LogP contribution >= 0.6 is 0 Å². The van der Waals surface area contributed by atoms with Crippen LogP contribution in [-0.4, -0.2) is 24.2 Å². The van der Waals surface area contributed by atoms with Crippen LogP contribution in [-0.2, 0) is 4.79 Å². The summed E-state index contributed by atoms with van der Waals surface area (Å²) in [5, 5.41) is 11.8. The van der Waals surface area contributed by atoms with Gasteiger partial charge in [0.1, 0.15) is 0 Å².